The van der Waals surface area contributed by atoms with E-state index in [1.54, 1.807) is 12.0 Å². The van der Waals surface area contributed by atoms with Crippen molar-refractivity contribution in [2.75, 3.05) is 33.3 Å². The third-order valence-corrected chi connectivity index (χ3v) is 4.70. The second-order valence-electron chi connectivity index (χ2n) is 6.54. The molecule has 1 heterocycles. The molecule has 0 bridgehead atoms. The standard InChI is InChI=1S/C21H24N2O3/c1-16-8-9-19(26-2)18(14-16)21(25)23-12-10-22(11-13-23)20(24)15-17-6-4-3-5-7-17/h3-9,14H,10-13,15H2,1-2H3. The van der Waals surface area contributed by atoms with Crippen molar-refractivity contribution in [1.82, 2.24) is 9.80 Å². The molecular weight excluding hydrogens is 328 g/mol. The summed E-state index contributed by atoms with van der Waals surface area (Å²) < 4.78 is 5.33. The van der Waals surface area contributed by atoms with Crippen molar-refractivity contribution in [3.8, 4) is 5.75 Å². The SMILES string of the molecule is COc1ccc(C)cc1C(=O)N1CCN(C(=O)Cc2ccccc2)CC1. The second-order valence-corrected chi connectivity index (χ2v) is 6.54. The molecule has 0 atom stereocenters. The summed E-state index contributed by atoms with van der Waals surface area (Å²) in [6.45, 7) is 4.15. The van der Waals surface area contributed by atoms with Crippen LogP contribution in [0.5, 0.6) is 5.75 Å². The van der Waals surface area contributed by atoms with Crippen LogP contribution in [0, 0.1) is 6.92 Å². The molecule has 3 rings (SSSR count). The maximum Gasteiger partial charge on any atom is 0.257 e. The molecule has 26 heavy (non-hydrogen) atoms. The summed E-state index contributed by atoms with van der Waals surface area (Å²) in [6.07, 6.45) is 0.403. The Morgan fingerprint density at radius 3 is 2.27 bits per heavy atom. The minimum absolute atomic E-state index is 0.0410. The fourth-order valence-electron chi connectivity index (χ4n) is 3.20. The molecule has 0 saturated carbocycles. The average molecular weight is 352 g/mol. The number of aryl methyl sites for hydroxylation is 1. The van der Waals surface area contributed by atoms with Gasteiger partial charge in [0.1, 0.15) is 5.75 Å². The van der Waals surface area contributed by atoms with E-state index in [2.05, 4.69) is 0 Å². The predicted octanol–water partition coefficient (Wildman–Crippen LogP) is 2.53. The number of carbonyl (C=O) groups excluding carboxylic acids is 2. The first-order valence-corrected chi connectivity index (χ1v) is 8.84. The third-order valence-electron chi connectivity index (χ3n) is 4.70. The molecule has 0 aliphatic carbocycles. The highest BCUT2D eigenvalue weighted by Gasteiger charge is 2.26. The highest BCUT2D eigenvalue weighted by Crippen LogP contribution is 2.22. The zero-order valence-corrected chi connectivity index (χ0v) is 15.3. The van der Waals surface area contributed by atoms with E-state index in [0.717, 1.165) is 11.1 Å². The lowest BCUT2D eigenvalue weighted by atomic mass is 10.1. The van der Waals surface area contributed by atoms with E-state index < -0.39 is 0 Å². The summed E-state index contributed by atoms with van der Waals surface area (Å²) in [7, 11) is 1.57. The summed E-state index contributed by atoms with van der Waals surface area (Å²) in [5.41, 5.74) is 2.61. The van der Waals surface area contributed by atoms with Gasteiger partial charge in [-0.25, -0.2) is 0 Å². The molecule has 0 radical (unpaired) electrons. The van der Waals surface area contributed by atoms with Crippen molar-refractivity contribution in [2.24, 2.45) is 0 Å². The average Bonchev–Trinajstić information content (AvgIpc) is 2.68. The Bertz CT molecular complexity index is 781. The van der Waals surface area contributed by atoms with Gasteiger partial charge in [0.15, 0.2) is 0 Å². The molecule has 0 aromatic heterocycles. The van der Waals surface area contributed by atoms with Gasteiger partial charge in [0.25, 0.3) is 5.91 Å². The highest BCUT2D eigenvalue weighted by atomic mass is 16.5. The Kier molecular flexibility index (Phi) is 5.56. The van der Waals surface area contributed by atoms with Crippen molar-refractivity contribution in [1.29, 1.82) is 0 Å². The molecule has 2 aromatic rings. The largest absolute Gasteiger partial charge is 0.496 e. The Balaban J connectivity index is 1.60. The van der Waals surface area contributed by atoms with Crippen molar-refractivity contribution < 1.29 is 14.3 Å². The van der Waals surface area contributed by atoms with Crippen LogP contribution in [0.3, 0.4) is 0 Å². The van der Waals surface area contributed by atoms with Crippen LogP contribution in [0.1, 0.15) is 21.5 Å². The van der Waals surface area contributed by atoms with Crippen LogP contribution in [0.25, 0.3) is 0 Å². The number of amides is 2. The fraction of sp³-hybridized carbons (Fsp3) is 0.333. The fourth-order valence-corrected chi connectivity index (χ4v) is 3.20. The number of piperazine rings is 1. The van der Waals surface area contributed by atoms with E-state index >= 15 is 0 Å². The third kappa shape index (κ3) is 4.04. The monoisotopic (exact) mass is 352 g/mol. The Morgan fingerprint density at radius 2 is 1.62 bits per heavy atom. The number of benzene rings is 2. The summed E-state index contributed by atoms with van der Waals surface area (Å²) in [5.74, 6) is 0.653. The van der Waals surface area contributed by atoms with Crippen LogP contribution in [0.15, 0.2) is 48.5 Å². The van der Waals surface area contributed by atoms with E-state index in [4.69, 9.17) is 4.74 Å². The first-order chi connectivity index (χ1) is 12.6. The first kappa shape index (κ1) is 18.0. The van der Waals surface area contributed by atoms with Gasteiger partial charge >= 0.3 is 0 Å². The van der Waals surface area contributed by atoms with Gasteiger partial charge in [0.05, 0.1) is 19.1 Å². The summed E-state index contributed by atoms with van der Waals surface area (Å²) in [6, 6.07) is 15.3. The van der Waals surface area contributed by atoms with Crippen molar-refractivity contribution in [2.45, 2.75) is 13.3 Å². The van der Waals surface area contributed by atoms with Crippen molar-refractivity contribution in [3.05, 3.63) is 65.2 Å². The van der Waals surface area contributed by atoms with Crippen LogP contribution in [-0.4, -0.2) is 54.9 Å². The Morgan fingerprint density at radius 1 is 0.962 bits per heavy atom. The van der Waals surface area contributed by atoms with Gasteiger partial charge in [0.2, 0.25) is 5.91 Å². The number of carbonyl (C=O) groups is 2. The molecule has 0 unspecified atom stereocenters. The van der Waals surface area contributed by atoms with E-state index in [-0.39, 0.29) is 11.8 Å². The van der Waals surface area contributed by atoms with Gasteiger partial charge in [-0.15, -0.1) is 0 Å². The van der Waals surface area contributed by atoms with Gasteiger partial charge in [-0.2, -0.15) is 0 Å². The van der Waals surface area contributed by atoms with E-state index in [1.165, 1.54) is 0 Å². The molecule has 1 saturated heterocycles. The highest BCUT2D eigenvalue weighted by molar-refractivity contribution is 5.97. The lowest BCUT2D eigenvalue weighted by molar-refractivity contribution is -0.131. The summed E-state index contributed by atoms with van der Waals surface area (Å²) in [4.78, 5) is 28.9. The lowest BCUT2D eigenvalue weighted by Crippen LogP contribution is -2.51. The smallest absolute Gasteiger partial charge is 0.257 e. The predicted molar refractivity (Wildman–Crippen MR) is 100 cm³/mol. The Labute approximate surface area is 154 Å². The lowest BCUT2D eigenvalue weighted by Gasteiger charge is -2.35. The minimum Gasteiger partial charge on any atom is -0.496 e. The van der Waals surface area contributed by atoms with E-state index in [0.29, 0.717) is 43.9 Å². The summed E-state index contributed by atoms with van der Waals surface area (Å²) >= 11 is 0. The van der Waals surface area contributed by atoms with Crippen LogP contribution in [-0.2, 0) is 11.2 Å². The maximum atomic E-state index is 12.8. The molecule has 1 aliphatic rings. The molecule has 1 aliphatic heterocycles. The van der Waals surface area contributed by atoms with Crippen molar-refractivity contribution >= 4 is 11.8 Å². The first-order valence-electron chi connectivity index (χ1n) is 8.84. The quantitative estimate of drug-likeness (QED) is 0.850. The molecule has 0 N–H and O–H groups in total. The zero-order chi connectivity index (χ0) is 18.5. The van der Waals surface area contributed by atoms with E-state index in [9.17, 15) is 9.59 Å². The van der Waals surface area contributed by atoms with Crippen LogP contribution >= 0.6 is 0 Å². The number of hydrogen-bond acceptors (Lipinski definition) is 3. The number of rotatable bonds is 4. The number of methoxy groups -OCH3 is 1. The normalized spacial score (nSPS) is 14.2. The maximum absolute atomic E-state index is 12.8. The second kappa shape index (κ2) is 8.04. The Hall–Kier alpha value is -2.82. The molecule has 136 valence electrons. The topological polar surface area (TPSA) is 49.9 Å². The number of ether oxygens (including phenoxy) is 1. The molecule has 2 aromatic carbocycles. The van der Waals surface area contributed by atoms with Gasteiger partial charge in [-0.1, -0.05) is 42.0 Å². The van der Waals surface area contributed by atoms with Crippen LogP contribution in [0.2, 0.25) is 0 Å². The van der Waals surface area contributed by atoms with Gasteiger partial charge in [-0.05, 0) is 24.6 Å². The van der Waals surface area contributed by atoms with Gasteiger partial charge in [0, 0.05) is 26.2 Å². The van der Waals surface area contributed by atoms with E-state index in [1.807, 2.05) is 60.4 Å². The van der Waals surface area contributed by atoms with Crippen molar-refractivity contribution in [3.63, 3.8) is 0 Å². The molecule has 2 amide bonds. The van der Waals surface area contributed by atoms with Gasteiger partial charge in [-0.3, -0.25) is 9.59 Å². The van der Waals surface area contributed by atoms with Crippen LogP contribution in [0.4, 0.5) is 0 Å². The number of hydrogen-bond donors (Lipinski definition) is 0. The molecular formula is C21H24N2O3. The molecule has 1 fully saturated rings. The molecule has 0 spiro atoms. The number of nitrogens with zero attached hydrogens (tertiary/aromatic N) is 2. The molecule has 5 nitrogen and oxygen atoms in total. The summed E-state index contributed by atoms with van der Waals surface area (Å²) in [5, 5.41) is 0. The van der Waals surface area contributed by atoms with Gasteiger partial charge < -0.3 is 14.5 Å². The minimum atomic E-state index is -0.0410. The zero-order valence-electron chi connectivity index (χ0n) is 15.3. The molecule has 5 heteroatoms. The van der Waals surface area contributed by atoms with Crippen LogP contribution < -0.4 is 4.74 Å².